The first kappa shape index (κ1) is 14.1. The molecule has 2 rings (SSSR count). The highest BCUT2D eigenvalue weighted by molar-refractivity contribution is 5.82. The van der Waals surface area contributed by atoms with E-state index >= 15 is 0 Å². The Bertz CT molecular complexity index is 421. The van der Waals surface area contributed by atoms with Crippen molar-refractivity contribution >= 4 is 5.91 Å². The first-order valence-corrected chi connectivity index (χ1v) is 6.93. The van der Waals surface area contributed by atoms with Crippen LogP contribution >= 0.6 is 0 Å². The number of carbonyl (C=O) groups excluding carboxylic acids is 1. The molecule has 1 saturated heterocycles. The van der Waals surface area contributed by atoms with Crippen molar-refractivity contribution in [3.8, 4) is 0 Å². The number of likely N-dealkylation sites (tertiary alicyclic amines) is 1. The summed E-state index contributed by atoms with van der Waals surface area (Å²) in [5, 5.41) is 7.00. The topological polar surface area (TPSA) is 75.0 Å². The Morgan fingerprint density at radius 3 is 2.89 bits per heavy atom. The summed E-state index contributed by atoms with van der Waals surface area (Å²) in [7, 11) is 0. The standard InChI is InChI=1S/C14H24N4O/c1-14(2,3)12(15)13(19)18-8-4-5-10(9-18)11-6-7-16-17-11/h6-7,10,12H,4-5,8-9,15H2,1-3H3,(H,16,17). The van der Waals surface area contributed by atoms with Crippen LogP contribution in [0.1, 0.15) is 45.2 Å². The summed E-state index contributed by atoms with van der Waals surface area (Å²) in [6.07, 6.45) is 3.88. The summed E-state index contributed by atoms with van der Waals surface area (Å²) in [5.74, 6) is 0.420. The fraction of sp³-hybridized carbons (Fsp3) is 0.714. The summed E-state index contributed by atoms with van der Waals surface area (Å²) >= 11 is 0. The number of amides is 1. The average Bonchev–Trinajstić information content (AvgIpc) is 2.90. The number of piperidine rings is 1. The van der Waals surface area contributed by atoms with Gasteiger partial charge in [-0.2, -0.15) is 5.10 Å². The van der Waals surface area contributed by atoms with Crippen LogP contribution in [-0.4, -0.2) is 40.1 Å². The molecule has 5 heteroatoms. The van der Waals surface area contributed by atoms with E-state index in [9.17, 15) is 4.79 Å². The summed E-state index contributed by atoms with van der Waals surface area (Å²) in [6, 6.07) is 1.55. The van der Waals surface area contributed by atoms with Gasteiger partial charge in [-0.05, 0) is 24.3 Å². The first-order valence-electron chi connectivity index (χ1n) is 6.93. The van der Waals surface area contributed by atoms with Gasteiger partial charge in [-0.25, -0.2) is 0 Å². The SMILES string of the molecule is CC(C)(C)C(N)C(=O)N1CCCC(c2ccn[nH]2)C1. The minimum atomic E-state index is -0.437. The lowest BCUT2D eigenvalue weighted by Gasteiger charge is -2.36. The Kier molecular flexibility index (Phi) is 3.94. The van der Waals surface area contributed by atoms with E-state index in [2.05, 4.69) is 10.2 Å². The van der Waals surface area contributed by atoms with Crippen LogP contribution in [0.15, 0.2) is 12.3 Å². The van der Waals surface area contributed by atoms with Crippen LogP contribution in [0, 0.1) is 5.41 Å². The molecule has 0 bridgehead atoms. The number of nitrogens with zero attached hydrogens (tertiary/aromatic N) is 2. The lowest BCUT2D eigenvalue weighted by Crippen LogP contribution is -2.52. The van der Waals surface area contributed by atoms with E-state index in [1.807, 2.05) is 31.7 Å². The zero-order valence-corrected chi connectivity index (χ0v) is 12.0. The fourth-order valence-corrected chi connectivity index (χ4v) is 2.49. The molecule has 0 radical (unpaired) electrons. The molecule has 1 aromatic heterocycles. The van der Waals surface area contributed by atoms with E-state index in [1.165, 1.54) is 0 Å². The summed E-state index contributed by atoms with van der Waals surface area (Å²) in [5.41, 5.74) is 6.99. The molecule has 0 aliphatic carbocycles. The van der Waals surface area contributed by atoms with Gasteiger partial charge in [0.15, 0.2) is 0 Å². The smallest absolute Gasteiger partial charge is 0.240 e. The lowest BCUT2D eigenvalue weighted by molar-refractivity contribution is -0.136. The number of nitrogens with one attached hydrogen (secondary N) is 1. The molecule has 1 aromatic rings. The molecular formula is C14H24N4O. The number of H-pyrrole nitrogens is 1. The number of hydrogen-bond acceptors (Lipinski definition) is 3. The summed E-state index contributed by atoms with van der Waals surface area (Å²) in [6.45, 7) is 7.57. The third kappa shape index (κ3) is 3.15. The van der Waals surface area contributed by atoms with Gasteiger partial charge in [0.1, 0.15) is 0 Å². The van der Waals surface area contributed by atoms with Gasteiger partial charge in [-0.15, -0.1) is 0 Å². The molecule has 1 amide bonds. The Morgan fingerprint density at radius 1 is 1.58 bits per heavy atom. The third-order valence-electron chi connectivity index (χ3n) is 3.89. The molecular weight excluding hydrogens is 240 g/mol. The molecule has 1 fully saturated rings. The predicted molar refractivity (Wildman–Crippen MR) is 74.6 cm³/mol. The molecule has 2 heterocycles. The lowest BCUT2D eigenvalue weighted by atomic mass is 9.85. The Labute approximate surface area is 114 Å². The van der Waals surface area contributed by atoms with E-state index < -0.39 is 6.04 Å². The Hall–Kier alpha value is -1.36. The van der Waals surface area contributed by atoms with Crippen LogP contribution in [0.5, 0.6) is 0 Å². The molecule has 1 aliphatic rings. The van der Waals surface area contributed by atoms with Crippen molar-refractivity contribution in [1.82, 2.24) is 15.1 Å². The zero-order chi connectivity index (χ0) is 14.0. The minimum Gasteiger partial charge on any atom is -0.341 e. The first-order chi connectivity index (χ1) is 8.89. The fourth-order valence-electron chi connectivity index (χ4n) is 2.49. The normalized spacial score (nSPS) is 22.3. The maximum Gasteiger partial charge on any atom is 0.240 e. The van der Waals surface area contributed by atoms with Gasteiger partial charge in [0.2, 0.25) is 5.91 Å². The van der Waals surface area contributed by atoms with E-state index in [0.29, 0.717) is 5.92 Å². The van der Waals surface area contributed by atoms with Gasteiger partial charge >= 0.3 is 0 Å². The van der Waals surface area contributed by atoms with Crippen LogP contribution in [0.4, 0.5) is 0 Å². The molecule has 19 heavy (non-hydrogen) atoms. The van der Waals surface area contributed by atoms with Crippen molar-refractivity contribution in [2.45, 2.75) is 45.6 Å². The molecule has 106 valence electrons. The van der Waals surface area contributed by atoms with Crippen molar-refractivity contribution < 1.29 is 4.79 Å². The maximum absolute atomic E-state index is 12.4. The minimum absolute atomic E-state index is 0.0664. The van der Waals surface area contributed by atoms with Gasteiger partial charge in [-0.3, -0.25) is 9.89 Å². The quantitative estimate of drug-likeness (QED) is 0.849. The van der Waals surface area contributed by atoms with E-state index in [4.69, 9.17) is 5.73 Å². The van der Waals surface area contributed by atoms with Crippen LogP contribution in [0.2, 0.25) is 0 Å². The van der Waals surface area contributed by atoms with E-state index in [-0.39, 0.29) is 11.3 Å². The van der Waals surface area contributed by atoms with Crippen LogP contribution in [-0.2, 0) is 4.79 Å². The monoisotopic (exact) mass is 264 g/mol. The number of carbonyl (C=O) groups is 1. The van der Waals surface area contributed by atoms with Crippen molar-refractivity contribution in [1.29, 1.82) is 0 Å². The molecule has 5 nitrogen and oxygen atoms in total. The van der Waals surface area contributed by atoms with Crippen molar-refractivity contribution in [2.24, 2.45) is 11.1 Å². The highest BCUT2D eigenvalue weighted by Gasteiger charge is 2.33. The molecule has 2 atom stereocenters. The van der Waals surface area contributed by atoms with Crippen molar-refractivity contribution in [3.05, 3.63) is 18.0 Å². The summed E-state index contributed by atoms with van der Waals surface area (Å²) < 4.78 is 0. The van der Waals surface area contributed by atoms with Crippen molar-refractivity contribution in [2.75, 3.05) is 13.1 Å². The second kappa shape index (κ2) is 5.33. The van der Waals surface area contributed by atoms with E-state index in [1.54, 1.807) is 6.20 Å². The largest absolute Gasteiger partial charge is 0.341 e. The van der Waals surface area contributed by atoms with E-state index in [0.717, 1.165) is 31.6 Å². The Morgan fingerprint density at radius 2 is 2.32 bits per heavy atom. The van der Waals surface area contributed by atoms with Gasteiger partial charge in [0, 0.05) is 30.9 Å². The number of hydrogen-bond donors (Lipinski definition) is 2. The third-order valence-corrected chi connectivity index (χ3v) is 3.89. The van der Waals surface area contributed by atoms with Crippen LogP contribution in [0.3, 0.4) is 0 Å². The van der Waals surface area contributed by atoms with Crippen LogP contribution in [0.25, 0.3) is 0 Å². The highest BCUT2D eigenvalue weighted by Crippen LogP contribution is 2.27. The number of nitrogens with two attached hydrogens (primary N) is 1. The molecule has 3 N–H and O–H groups in total. The van der Waals surface area contributed by atoms with Gasteiger partial charge < -0.3 is 10.6 Å². The number of rotatable bonds is 2. The molecule has 0 saturated carbocycles. The molecule has 2 unspecified atom stereocenters. The zero-order valence-electron chi connectivity index (χ0n) is 12.0. The van der Waals surface area contributed by atoms with Crippen molar-refractivity contribution in [3.63, 3.8) is 0 Å². The molecule has 1 aliphatic heterocycles. The Balaban J connectivity index is 2.03. The molecule has 0 aromatic carbocycles. The maximum atomic E-state index is 12.4. The average molecular weight is 264 g/mol. The predicted octanol–water partition coefficient (Wildman–Crippen LogP) is 1.49. The highest BCUT2D eigenvalue weighted by atomic mass is 16.2. The van der Waals surface area contributed by atoms with Crippen LogP contribution < -0.4 is 5.73 Å². The van der Waals surface area contributed by atoms with Gasteiger partial charge in [0.25, 0.3) is 0 Å². The number of aromatic amines is 1. The molecule has 0 spiro atoms. The van der Waals surface area contributed by atoms with Gasteiger partial charge in [-0.1, -0.05) is 20.8 Å². The van der Waals surface area contributed by atoms with Gasteiger partial charge in [0.05, 0.1) is 6.04 Å². The second-order valence-corrected chi connectivity index (χ2v) is 6.48. The second-order valence-electron chi connectivity index (χ2n) is 6.48. The number of aromatic nitrogens is 2. The summed E-state index contributed by atoms with van der Waals surface area (Å²) in [4.78, 5) is 14.3.